The van der Waals surface area contributed by atoms with E-state index in [1.54, 1.807) is 6.20 Å². The van der Waals surface area contributed by atoms with Crippen molar-refractivity contribution in [3.63, 3.8) is 0 Å². The zero-order valence-electron chi connectivity index (χ0n) is 16.9. The molecule has 0 fully saturated rings. The zero-order valence-corrected chi connectivity index (χ0v) is 16.9. The molecule has 0 saturated heterocycles. The summed E-state index contributed by atoms with van der Waals surface area (Å²) in [4.78, 5) is 30.7. The molecule has 0 amide bonds. The number of hydrogen-bond donors (Lipinski definition) is 1. The van der Waals surface area contributed by atoms with Gasteiger partial charge in [0.05, 0.1) is 22.5 Å². The Labute approximate surface area is 174 Å². The van der Waals surface area contributed by atoms with Crippen molar-refractivity contribution in [3.8, 4) is 0 Å². The number of nitrogens with one attached hydrogen (secondary N) is 1. The number of Topliss-reactive ketones (excluding diaryl/α,β-unsaturated/α-hetero) is 1. The van der Waals surface area contributed by atoms with Gasteiger partial charge in [0.25, 0.3) is 0 Å². The molecule has 1 N–H and O–H groups in total. The average molecular weight is 395 g/mol. The van der Waals surface area contributed by atoms with Crippen molar-refractivity contribution in [2.75, 3.05) is 5.32 Å². The third-order valence-corrected chi connectivity index (χ3v) is 5.61. The summed E-state index contributed by atoms with van der Waals surface area (Å²) in [7, 11) is 0. The number of carbonyl (C=O) groups excluding carboxylic acids is 1. The average Bonchev–Trinajstić information content (AvgIpc) is 2.74. The van der Waals surface area contributed by atoms with E-state index in [2.05, 4.69) is 56.4 Å². The molecule has 6 nitrogen and oxygen atoms in total. The molecule has 4 aromatic rings. The number of aromatic nitrogens is 4. The van der Waals surface area contributed by atoms with E-state index in [1.165, 1.54) is 11.1 Å². The highest BCUT2D eigenvalue weighted by atomic mass is 16.1. The molecule has 0 saturated carbocycles. The number of nitrogens with zero attached hydrogens (tertiary/aromatic N) is 4. The van der Waals surface area contributed by atoms with Crippen molar-refractivity contribution in [1.82, 2.24) is 19.9 Å². The minimum Gasteiger partial charge on any atom is -0.294 e. The fourth-order valence-electron chi connectivity index (χ4n) is 3.97. The van der Waals surface area contributed by atoms with E-state index >= 15 is 0 Å². The summed E-state index contributed by atoms with van der Waals surface area (Å²) in [5, 5.41) is 4.12. The van der Waals surface area contributed by atoms with Crippen molar-refractivity contribution in [2.24, 2.45) is 0 Å². The number of benzene rings is 2. The van der Waals surface area contributed by atoms with E-state index in [9.17, 15) is 4.79 Å². The van der Waals surface area contributed by atoms with Gasteiger partial charge in [-0.3, -0.25) is 10.1 Å². The molecule has 6 heteroatoms. The number of anilines is 2. The molecule has 1 atom stereocenters. The maximum Gasteiger partial charge on any atom is 0.230 e. The van der Waals surface area contributed by atoms with Crippen molar-refractivity contribution in [3.05, 3.63) is 82.8 Å². The van der Waals surface area contributed by atoms with Crippen LogP contribution in [0.2, 0.25) is 0 Å². The lowest BCUT2D eigenvalue weighted by Gasteiger charge is -2.23. The van der Waals surface area contributed by atoms with Gasteiger partial charge in [0.15, 0.2) is 5.78 Å². The molecule has 2 aromatic carbocycles. The maximum atomic E-state index is 12.7. The van der Waals surface area contributed by atoms with Gasteiger partial charge in [0.2, 0.25) is 11.9 Å². The first-order valence-corrected chi connectivity index (χ1v) is 10.0. The number of ketones is 1. The summed E-state index contributed by atoms with van der Waals surface area (Å²) >= 11 is 0. The first-order chi connectivity index (χ1) is 14.6. The summed E-state index contributed by atoms with van der Waals surface area (Å²) in [6.07, 6.45) is 2.81. The second-order valence-corrected chi connectivity index (χ2v) is 7.77. The first kappa shape index (κ1) is 18.4. The standard InChI is InChI=1S/C24H21N5O/c1-14-7-9-16(10-8-14)17-11-21-19(22(30)12-17)13-25-23(28-21)29-24-26-15(2)18-5-3-4-6-20(18)27-24/h3-10,13,17H,11-12H2,1-2H3,(H,25,26,27,28,29)/t17-/m1/s1. The molecule has 0 aliphatic heterocycles. The molecule has 148 valence electrons. The lowest BCUT2D eigenvalue weighted by atomic mass is 9.82. The first-order valence-electron chi connectivity index (χ1n) is 10.0. The van der Waals surface area contributed by atoms with Gasteiger partial charge in [0, 0.05) is 18.0 Å². The van der Waals surface area contributed by atoms with E-state index < -0.39 is 0 Å². The van der Waals surface area contributed by atoms with Crippen LogP contribution in [0.5, 0.6) is 0 Å². The Morgan fingerprint density at radius 3 is 2.53 bits per heavy atom. The minimum absolute atomic E-state index is 0.0891. The van der Waals surface area contributed by atoms with Crippen LogP contribution in [0.25, 0.3) is 10.9 Å². The number of para-hydroxylation sites is 1. The Morgan fingerprint density at radius 2 is 1.70 bits per heavy atom. The highest BCUT2D eigenvalue weighted by molar-refractivity contribution is 5.98. The topological polar surface area (TPSA) is 80.7 Å². The van der Waals surface area contributed by atoms with Crippen LogP contribution in [-0.2, 0) is 6.42 Å². The van der Waals surface area contributed by atoms with Crippen LogP contribution < -0.4 is 5.32 Å². The Morgan fingerprint density at radius 1 is 0.900 bits per heavy atom. The highest BCUT2D eigenvalue weighted by Gasteiger charge is 2.28. The predicted molar refractivity (Wildman–Crippen MR) is 116 cm³/mol. The zero-order chi connectivity index (χ0) is 20.7. The number of carbonyl (C=O) groups is 1. The molecule has 1 aliphatic rings. The summed E-state index contributed by atoms with van der Waals surface area (Å²) < 4.78 is 0. The summed E-state index contributed by atoms with van der Waals surface area (Å²) in [6.45, 7) is 4.01. The van der Waals surface area contributed by atoms with Gasteiger partial charge >= 0.3 is 0 Å². The second-order valence-electron chi connectivity index (χ2n) is 7.77. The normalized spacial score (nSPS) is 15.8. The van der Waals surface area contributed by atoms with Crippen molar-refractivity contribution in [1.29, 1.82) is 0 Å². The number of rotatable bonds is 3. The molecule has 2 heterocycles. The minimum atomic E-state index is 0.0891. The molecule has 0 radical (unpaired) electrons. The lowest BCUT2D eigenvalue weighted by molar-refractivity contribution is 0.0962. The molecule has 1 aliphatic carbocycles. The maximum absolute atomic E-state index is 12.7. The molecule has 30 heavy (non-hydrogen) atoms. The van der Waals surface area contributed by atoms with Crippen LogP contribution in [0.15, 0.2) is 54.7 Å². The fourth-order valence-corrected chi connectivity index (χ4v) is 3.97. The third-order valence-electron chi connectivity index (χ3n) is 5.61. The smallest absolute Gasteiger partial charge is 0.230 e. The molecule has 5 rings (SSSR count). The molecular weight excluding hydrogens is 374 g/mol. The fraction of sp³-hybridized carbons (Fsp3) is 0.208. The molecule has 0 unspecified atom stereocenters. The van der Waals surface area contributed by atoms with Crippen LogP contribution in [0.1, 0.15) is 45.2 Å². The molecule has 2 aromatic heterocycles. The van der Waals surface area contributed by atoms with E-state index in [1.807, 2.05) is 31.2 Å². The van der Waals surface area contributed by atoms with Gasteiger partial charge in [-0.05, 0) is 37.8 Å². The Hall–Kier alpha value is -3.67. The predicted octanol–water partition coefficient (Wildman–Crippen LogP) is 4.69. The van der Waals surface area contributed by atoms with E-state index in [4.69, 9.17) is 0 Å². The van der Waals surface area contributed by atoms with Crippen LogP contribution in [0, 0.1) is 13.8 Å². The third kappa shape index (κ3) is 3.41. The van der Waals surface area contributed by atoms with Crippen molar-refractivity contribution in [2.45, 2.75) is 32.6 Å². The Bertz CT molecular complexity index is 1270. The van der Waals surface area contributed by atoms with E-state index in [0.717, 1.165) is 22.3 Å². The summed E-state index contributed by atoms with van der Waals surface area (Å²) in [5.41, 5.74) is 5.50. The highest BCUT2D eigenvalue weighted by Crippen LogP contribution is 2.32. The number of hydrogen-bond acceptors (Lipinski definition) is 6. The molecule has 0 bridgehead atoms. The van der Waals surface area contributed by atoms with Crippen LogP contribution in [-0.4, -0.2) is 25.7 Å². The number of aryl methyl sites for hydroxylation is 2. The van der Waals surface area contributed by atoms with E-state index in [0.29, 0.717) is 30.3 Å². The Balaban J connectivity index is 1.45. The van der Waals surface area contributed by atoms with Gasteiger partial charge in [-0.2, -0.15) is 0 Å². The van der Waals surface area contributed by atoms with E-state index in [-0.39, 0.29) is 11.7 Å². The van der Waals surface area contributed by atoms with Gasteiger partial charge < -0.3 is 0 Å². The second kappa shape index (κ2) is 7.30. The van der Waals surface area contributed by atoms with Crippen LogP contribution >= 0.6 is 0 Å². The van der Waals surface area contributed by atoms with Gasteiger partial charge in [-0.15, -0.1) is 0 Å². The van der Waals surface area contributed by atoms with Crippen molar-refractivity contribution < 1.29 is 4.79 Å². The number of fused-ring (bicyclic) bond motifs is 2. The summed E-state index contributed by atoms with van der Waals surface area (Å²) in [5.74, 6) is 1.07. The SMILES string of the molecule is Cc1ccc([C@H]2CC(=O)c3cnc(Nc4nc(C)c5ccccc5n4)nc3C2)cc1. The molecular formula is C24H21N5O. The quantitative estimate of drug-likeness (QED) is 0.542. The van der Waals surface area contributed by atoms with Gasteiger partial charge in [-0.25, -0.2) is 19.9 Å². The van der Waals surface area contributed by atoms with Gasteiger partial charge in [-0.1, -0.05) is 48.0 Å². The summed E-state index contributed by atoms with van der Waals surface area (Å²) in [6, 6.07) is 16.2. The monoisotopic (exact) mass is 395 g/mol. The Kier molecular flexibility index (Phi) is 4.47. The van der Waals surface area contributed by atoms with Crippen LogP contribution in [0.3, 0.4) is 0 Å². The largest absolute Gasteiger partial charge is 0.294 e. The van der Waals surface area contributed by atoms with Gasteiger partial charge in [0.1, 0.15) is 0 Å². The lowest BCUT2D eigenvalue weighted by Crippen LogP contribution is -2.21. The van der Waals surface area contributed by atoms with Crippen LogP contribution in [0.4, 0.5) is 11.9 Å². The molecule has 0 spiro atoms. The van der Waals surface area contributed by atoms with Crippen molar-refractivity contribution >= 4 is 28.6 Å².